The zero-order valence-electron chi connectivity index (χ0n) is 10.2. The lowest BCUT2D eigenvalue weighted by Crippen LogP contribution is -2.44. The molecule has 1 rings (SSSR count). The van der Waals surface area contributed by atoms with Crippen molar-refractivity contribution >= 4 is 33.4 Å². The van der Waals surface area contributed by atoms with Gasteiger partial charge in [0.1, 0.15) is 5.75 Å². The highest BCUT2D eigenvalue weighted by Gasteiger charge is 2.19. The maximum Gasteiger partial charge on any atom is 0.234 e. The third kappa shape index (κ3) is 3.86. The van der Waals surface area contributed by atoms with Crippen molar-refractivity contribution in [2.24, 2.45) is 11.7 Å². The summed E-state index contributed by atoms with van der Waals surface area (Å²) in [6, 6.07) is 2.81. The van der Waals surface area contributed by atoms with Crippen molar-refractivity contribution in [2.75, 3.05) is 0 Å². The van der Waals surface area contributed by atoms with E-state index >= 15 is 0 Å². The Bertz CT molecular complexity index is 452. The van der Waals surface area contributed by atoms with E-state index in [2.05, 4.69) is 21.2 Å². The van der Waals surface area contributed by atoms with Gasteiger partial charge in [-0.3, -0.25) is 4.79 Å². The lowest BCUT2D eigenvalue weighted by Gasteiger charge is -2.19. The van der Waals surface area contributed by atoms with Crippen LogP contribution in [0.2, 0.25) is 5.02 Å². The van der Waals surface area contributed by atoms with E-state index in [9.17, 15) is 9.90 Å². The second kappa shape index (κ2) is 6.41. The number of phenols is 1. The monoisotopic (exact) mass is 334 g/mol. The summed E-state index contributed by atoms with van der Waals surface area (Å²) in [6.45, 7) is 4.11. The number of benzene rings is 1. The van der Waals surface area contributed by atoms with Crippen molar-refractivity contribution in [1.29, 1.82) is 0 Å². The summed E-state index contributed by atoms with van der Waals surface area (Å²) >= 11 is 9.11. The van der Waals surface area contributed by atoms with E-state index in [1.165, 1.54) is 0 Å². The average molecular weight is 336 g/mol. The Morgan fingerprint density at radius 1 is 1.56 bits per heavy atom. The van der Waals surface area contributed by atoms with Crippen LogP contribution in [0.4, 0.5) is 0 Å². The molecule has 0 aliphatic rings. The SMILES string of the molecule is CC(C)C(NCc1cc(Cl)cc(Br)c1O)C(N)=O. The molecule has 0 aliphatic heterocycles. The summed E-state index contributed by atoms with van der Waals surface area (Å²) in [5, 5.41) is 13.4. The summed E-state index contributed by atoms with van der Waals surface area (Å²) < 4.78 is 0.520. The lowest BCUT2D eigenvalue weighted by molar-refractivity contribution is -0.121. The van der Waals surface area contributed by atoms with Crippen molar-refractivity contribution in [3.8, 4) is 5.75 Å². The average Bonchev–Trinajstić information content (AvgIpc) is 2.23. The zero-order chi connectivity index (χ0) is 13.9. The van der Waals surface area contributed by atoms with Crippen LogP contribution in [0.25, 0.3) is 0 Å². The molecule has 100 valence electrons. The molecule has 0 bridgehead atoms. The molecule has 1 unspecified atom stereocenters. The first kappa shape index (κ1) is 15.3. The van der Waals surface area contributed by atoms with Crippen LogP contribution in [0.3, 0.4) is 0 Å². The standard InChI is InChI=1S/C12H16BrClN2O2/c1-6(2)10(12(15)18)16-5-7-3-8(14)4-9(13)11(7)17/h3-4,6,10,16-17H,5H2,1-2H3,(H2,15,18). The number of rotatable bonds is 5. The number of nitrogens with two attached hydrogens (primary N) is 1. The molecular formula is C12H16BrClN2O2. The van der Waals surface area contributed by atoms with Gasteiger partial charge in [0.05, 0.1) is 10.5 Å². The van der Waals surface area contributed by atoms with E-state index in [0.29, 0.717) is 21.6 Å². The van der Waals surface area contributed by atoms with Crippen molar-refractivity contribution in [1.82, 2.24) is 5.32 Å². The molecule has 4 N–H and O–H groups in total. The molecule has 0 spiro atoms. The second-order valence-electron chi connectivity index (χ2n) is 4.40. The molecular weight excluding hydrogens is 320 g/mol. The molecule has 0 aromatic heterocycles. The highest BCUT2D eigenvalue weighted by molar-refractivity contribution is 9.10. The minimum Gasteiger partial charge on any atom is -0.506 e. The molecule has 0 aliphatic carbocycles. The van der Waals surface area contributed by atoms with Crippen LogP contribution in [0.15, 0.2) is 16.6 Å². The molecule has 4 nitrogen and oxygen atoms in total. The third-order valence-corrected chi connectivity index (χ3v) is 3.42. The van der Waals surface area contributed by atoms with Crippen LogP contribution >= 0.6 is 27.5 Å². The summed E-state index contributed by atoms with van der Waals surface area (Å²) in [5.74, 6) is -0.225. The van der Waals surface area contributed by atoms with E-state index < -0.39 is 11.9 Å². The van der Waals surface area contributed by atoms with Crippen LogP contribution in [-0.4, -0.2) is 17.1 Å². The highest BCUT2D eigenvalue weighted by Crippen LogP contribution is 2.31. The Morgan fingerprint density at radius 2 is 2.17 bits per heavy atom. The normalized spacial score (nSPS) is 12.7. The third-order valence-electron chi connectivity index (χ3n) is 2.59. The van der Waals surface area contributed by atoms with E-state index in [4.69, 9.17) is 17.3 Å². The van der Waals surface area contributed by atoms with E-state index in [1.54, 1.807) is 12.1 Å². The van der Waals surface area contributed by atoms with Crippen LogP contribution in [0, 0.1) is 5.92 Å². The fourth-order valence-electron chi connectivity index (χ4n) is 1.64. The lowest BCUT2D eigenvalue weighted by atomic mass is 10.0. The van der Waals surface area contributed by atoms with E-state index in [1.807, 2.05) is 13.8 Å². The first-order chi connectivity index (χ1) is 8.32. The molecule has 1 aromatic carbocycles. The Morgan fingerprint density at radius 3 is 2.67 bits per heavy atom. The van der Waals surface area contributed by atoms with Gasteiger partial charge in [-0.25, -0.2) is 0 Å². The maximum atomic E-state index is 11.2. The molecule has 18 heavy (non-hydrogen) atoms. The number of nitrogens with one attached hydrogen (secondary N) is 1. The summed E-state index contributed by atoms with van der Waals surface area (Å²) in [7, 11) is 0. The molecule has 1 aromatic rings. The predicted molar refractivity (Wildman–Crippen MR) is 75.5 cm³/mol. The highest BCUT2D eigenvalue weighted by atomic mass is 79.9. The minimum atomic E-state index is -0.442. The molecule has 0 saturated heterocycles. The van der Waals surface area contributed by atoms with Crippen molar-refractivity contribution in [2.45, 2.75) is 26.4 Å². The van der Waals surface area contributed by atoms with Gasteiger partial charge >= 0.3 is 0 Å². The number of hydrogen-bond donors (Lipinski definition) is 3. The van der Waals surface area contributed by atoms with Gasteiger partial charge in [-0.2, -0.15) is 0 Å². The quantitative estimate of drug-likeness (QED) is 0.773. The Labute approximate surface area is 120 Å². The molecule has 6 heteroatoms. The van der Waals surface area contributed by atoms with Gasteiger partial charge < -0.3 is 16.2 Å². The first-order valence-corrected chi connectivity index (χ1v) is 6.69. The number of phenolic OH excluding ortho intramolecular Hbond substituents is 1. The number of primary amides is 1. The van der Waals surface area contributed by atoms with Crippen molar-refractivity contribution < 1.29 is 9.90 Å². The minimum absolute atomic E-state index is 0.0762. The molecule has 0 fully saturated rings. The van der Waals surface area contributed by atoms with Gasteiger partial charge in [-0.05, 0) is 34.0 Å². The van der Waals surface area contributed by atoms with Crippen LogP contribution in [0.1, 0.15) is 19.4 Å². The van der Waals surface area contributed by atoms with Gasteiger partial charge in [0.15, 0.2) is 0 Å². The number of aromatic hydroxyl groups is 1. The number of halogens is 2. The van der Waals surface area contributed by atoms with Gasteiger partial charge in [-0.1, -0.05) is 25.4 Å². The number of amides is 1. The maximum absolute atomic E-state index is 11.2. The van der Waals surface area contributed by atoms with Gasteiger partial charge in [0.25, 0.3) is 0 Å². The van der Waals surface area contributed by atoms with Gasteiger partial charge in [-0.15, -0.1) is 0 Å². The molecule has 1 amide bonds. The summed E-state index contributed by atoms with van der Waals surface area (Å²) in [6.07, 6.45) is 0. The smallest absolute Gasteiger partial charge is 0.234 e. The number of carbonyl (C=O) groups is 1. The van der Waals surface area contributed by atoms with Crippen LogP contribution in [0.5, 0.6) is 5.75 Å². The molecule has 0 saturated carbocycles. The van der Waals surface area contributed by atoms with E-state index in [0.717, 1.165) is 0 Å². The van der Waals surface area contributed by atoms with E-state index in [-0.39, 0.29) is 11.7 Å². The van der Waals surface area contributed by atoms with Crippen LogP contribution < -0.4 is 11.1 Å². The Balaban J connectivity index is 2.82. The fraction of sp³-hybridized carbons (Fsp3) is 0.417. The van der Waals surface area contributed by atoms with Gasteiger partial charge in [0, 0.05) is 17.1 Å². The predicted octanol–water partition coefficient (Wildman–Crippen LogP) is 2.41. The van der Waals surface area contributed by atoms with Crippen molar-refractivity contribution in [3.05, 3.63) is 27.2 Å². The van der Waals surface area contributed by atoms with Crippen molar-refractivity contribution in [3.63, 3.8) is 0 Å². The molecule has 0 radical (unpaired) electrons. The Hall–Kier alpha value is -0.780. The number of carbonyl (C=O) groups excluding carboxylic acids is 1. The molecule has 1 atom stereocenters. The second-order valence-corrected chi connectivity index (χ2v) is 5.69. The summed E-state index contributed by atoms with van der Waals surface area (Å²) in [5.41, 5.74) is 5.91. The largest absolute Gasteiger partial charge is 0.506 e. The summed E-state index contributed by atoms with van der Waals surface area (Å²) in [4.78, 5) is 11.2. The number of hydrogen-bond acceptors (Lipinski definition) is 3. The molecule has 0 heterocycles. The first-order valence-electron chi connectivity index (χ1n) is 5.52. The van der Waals surface area contributed by atoms with Gasteiger partial charge in [0.2, 0.25) is 5.91 Å². The topological polar surface area (TPSA) is 75.3 Å². The Kier molecular flexibility index (Phi) is 5.44. The van der Waals surface area contributed by atoms with Crippen LogP contribution in [-0.2, 0) is 11.3 Å². The fourth-order valence-corrected chi connectivity index (χ4v) is 2.51. The zero-order valence-corrected chi connectivity index (χ0v) is 12.5.